The first-order valence-electron chi connectivity index (χ1n) is 5.24. The normalized spacial score (nSPS) is 39.6. The lowest BCUT2D eigenvalue weighted by Crippen LogP contribution is -2.45. The summed E-state index contributed by atoms with van der Waals surface area (Å²) in [5.74, 6) is 0.317. The topological polar surface area (TPSA) is 40.5 Å². The van der Waals surface area contributed by atoms with E-state index in [9.17, 15) is 10.2 Å². The van der Waals surface area contributed by atoms with Crippen LogP contribution in [0.2, 0.25) is 0 Å². The zero-order valence-electron chi connectivity index (χ0n) is 7.93. The Balaban J connectivity index is 2.17. The zero-order valence-corrected chi connectivity index (χ0v) is 7.93. The Kier molecular flexibility index (Phi) is 1.70. The Morgan fingerprint density at radius 3 is 1.71 bits per heavy atom. The highest BCUT2D eigenvalue weighted by Gasteiger charge is 2.44. The molecule has 14 heavy (non-hydrogen) atoms. The third-order valence-corrected chi connectivity index (χ3v) is 3.76. The second-order valence-corrected chi connectivity index (χ2v) is 4.40. The van der Waals surface area contributed by atoms with Crippen LogP contribution in [-0.4, -0.2) is 22.4 Å². The summed E-state index contributed by atoms with van der Waals surface area (Å²) in [7, 11) is 0. The molecule has 0 radical (unpaired) electrons. The fourth-order valence-corrected chi connectivity index (χ4v) is 3.04. The molecule has 1 aromatic rings. The number of rotatable bonds is 0. The first kappa shape index (κ1) is 8.45. The van der Waals surface area contributed by atoms with Crippen molar-refractivity contribution in [3.63, 3.8) is 0 Å². The summed E-state index contributed by atoms with van der Waals surface area (Å²) in [6.45, 7) is 0. The molecule has 0 spiro atoms. The SMILES string of the molecule is OC1C2CCC(c3ccccc32)C1O. The Morgan fingerprint density at radius 1 is 0.857 bits per heavy atom. The van der Waals surface area contributed by atoms with E-state index in [4.69, 9.17) is 0 Å². The molecule has 4 rings (SSSR count). The van der Waals surface area contributed by atoms with Crippen LogP contribution < -0.4 is 0 Å². The van der Waals surface area contributed by atoms with Gasteiger partial charge in [-0.3, -0.25) is 0 Å². The number of benzene rings is 1. The van der Waals surface area contributed by atoms with Crippen molar-refractivity contribution in [3.8, 4) is 0 Å². The average Bonchev–Trinajstić information content (AvgIpc) is 2.24. The van der Waals surface area contributed by atoms with Crippen LogP contribution in [0.4, 0.5) is 0 Å². The molecule has 0 amide bonds. The van der Waals surface area contributed by atoms with Crippen LogP contribution in [0.5, 0.6) is 0 Å². The van der Waals surface area contributed by atoms with Crippen LogP contribution in [0.15, 0.2) is 24.3 Å². The van der Waals surface area contributed by atoms with E-state index in [2.05, 4.69) is 12.1 Å². The molecular formula is C12H14O2. The summed E-state index contributed by atoms with van der Waals surface area (Å²) >= 11 is 0. The summed E-state index contributed by atoms with van der Waals surface area (Å²) < 4.78 is 0. The lowest BCUT2D eigenvalue weighted by molar-refractivity contribution is -0.0461. The smallest absolute Gasteiger partial charge is 0.0873 e. The number of fused-ring (bicyclic) bond motifs is 2. The Bertz CT molecular complexity index is 326. The van der Waals surface area contributed by atoms with Crippen LogP contribution in [-0.2, 0) is 0 Å². The van der Waals surface area contributed by atoms with Gasteiger partial charge >= 0.3 is 0 Å². The highest BCUT2D eigenvalue weighted by molar-refractivity contribution is 5.40. The Morgan fingerprint density at radius 2 is 1.29 bits per heavy atom. The van der Waals surface area contributed by atoms with Gasteiger partial charge in [0, 0.05) is 11.8 Å². The first-order valence-corrected chi connectivity index (χ1v) is 5.24. The van der Waals surface area contributed by atoms with Crippen LogP contribution in [0.3, 0.4) is 0 Å². The molecule has 74 valence electrons. The van der Waals surface area contributed by atoms with Gasteiger partial charge in [-0.15, -0.1) is 0 Å². The lowest BCUT2D eigenvalue weighted by atomic mass is 9.64. The van der Waals surface area contributed by atoms with Crippen molar-refractivity contribution in [1.82, 2.24) is 0 Å². The quantitative estimate of drug-likeness (QED) is 0.649. The number of hydrogen-bond acceptors (Lipinski definition) is 2. The fraction of sp³-hybridized carbons (Fsp3) is 0.500. The van der Waals surface area contributed by atoms with Crippen molar-refractivity contribution >= 4 is 0 Å². The van der Waals surface area contributed by atoms with E-state index in [0.29, 0.717) is 0 Å². The molecule has 0 aliphatic heterocycles. The standard InChI is InChI=1S/C12H14O2/c13-11-9-5-6-10(12(11)14)8-4-2-1-3-7(8)9/h1-4,9-14H,5-6H2. The average molecular weight is 190 g/mol. The number of hydrogen-bond donors (Lipinski definition) is 2. The van der Waals surface area contributed by atoms with E-state index >= 15 is 0 Å². The van der Waals surface area contributed by atoms with Gasteiger partial charge in [-0.25, -0.2) is 0 Å². The minimum atomic E-state index is -0.552. The molecule has 0 heterocycles. The van der Waals surface area contributed by atoms with Crippen molar-refractivity contribution in [1.29, 1.82) is 0 Å². The monoisotopic (exact) mass is 190 g/mol. The summed E-state index contributed by atoms with van der Waals surface area (Å²) in [5.41, 5.74) is 2.50. The fourth-order valence-electron chi connectivity index (χ4n) is 3.04. The second kappa shape index (κ2) is 2.81. The van der Waals surface area contributed by atoms with E-state index in [0.717, 1.165) is 12.8 Å². The van der Waals surface area contributed by atoms with Crippen molar-refractivity contribution in [2.24, 2.45) is 0 Å². The molecule has 2 heteroatoms. The number of aliphatic hydroxyl groups excluding tert-OH is 2. The van der Waals surface area contributed by atoms with Crippen LogP contribution in [0.1, 0.15) is 35.8 Å². The summed E-state index contributed by atoms with van der Waals surface area (Å²) in [5, 5.41) is 19.7. The van der Waals surface area contributed by atoms with Gasteiger partial charge in [0.1, 0.15) is 0 Å². The maximum Gasteiger partial charge on any atom is 0.0873 e. The molecule has 2 nitrogen and oxygen atoms in total. The molecular weight excluding hydrogens is 176 g/mol. The van der Waals surface area contributed by atoms with Crippen LogP contribution in [0.25, 0.3) is 0 Å². The molecule has 3 aliphatic rings. The largest absolute Gasteiger partial charge is 0.390 e. The van der Waals surface area contributed by atoms with Crippen molar-refractivity contribution in [2.75, 3.05) is 0 Å². The van der Waals surface area contributed by atoms with Gasteiger partial charge in [-0.1, -0.05) is 24.3 Å². The van der Waals surface area contributed by atoms with E-state index in [1.165, 1.54) is 11.1 Å². The zero-order chi connectivity index (χ0) is 9.71. The van der Waals surface area contributed by atoms with Crippen molar-refractivity contribution < 1.29 is 10.2 Å². The van der Waals surface area contributed by atoms with Gasteiger partial charge in [0.15, 0.2) is 0 Å². The first-order chi connectivity index (χ1) is 6.79. The highest BCUT2D eigenvalue weighted by atomic mass is 16.3. The third-order valence-electron chi connectivity index (χ3n) is 3.76. The molecule has 1 saturated carbocycles. The van der Waals surface area contributed by atoms with Gasteiger partial charge in [-0.05, 0) is 24.0 Å². The van der Waals surface area contributed by atoms with Crippen molar-refractivity contribution in [3.05, 3.63) is 35.4 Å². The third kappa shape index (κ3) is 0.928. The van der Waals surface area contributed by atoms with Gasteiger partial charge in [0.2, 0.25) is 0 Å². The molecule has 4 atom stereocenters. The molecule has 1 aromatic carbocycles. The predicted octanol–water partition coefficient (Wildman–Crippen LogP) is 1.38. The Labute approximate surface area is 83.2 Å². The Hall–Kier alpha value is -0.860. The molecule has 2 N–H and O–H groups in total. The molecule has 4 unspecified atom stereocenters. The number of aliphatic hydroxyl groups is 2. The summed E-state index contributed by atoms with van der Waals surface area (Å²) in [6.07, 6.45) is 0.923. The van der Waals surface area contributed by atoms with Crippen LogP contribution in [0, 0.1) is 0 Å². The maximum atomic E-state index is 9.86. The van der Waals surface area contributed by atoms with Crippen LogP contribution >= 0.6 is 0 Å². The summed E-state index contributed by atoms with van der Waals surface area (Å²) in [4.78, 5) is 0. The predicted molar refractivity (Wildman–Crippen MR) is 53.2 cm³/mol. The molecule has 0 aromatic heterocycles. The van der Waals surface area contributed by atoms with Gasteiger partial charge in [-0.2, -0.15) is 0 Å². The van der Waals surface area contributed by atoms with E-state index in [1.807, 2.05) is 12.1 Å². The summed E-state index contributed by atoms with van der Waals surface area (Å²) in [6, 6.07) is 8.19. The second-order valence-electron chi connectivity index (χ2n) is 4.40. The van der Waals surface area contributed by atoms with Crippen molar-refractivity contribution in [2.45, 2.75) is 36.9 Å². The molecule has 3 aliphatic carbocycles. The molecule has 2 bridgehead atoms. The van der Waals surface area contributed by atoms with Gasteiger partial charge < -0.3 is 10.2 Å². The van der Waals surface area contributed by atoms with Gasteiger partial charge in [0.25, 0.3) is 0 Å². The van der Waals surface area contributed by atoms with E-state index < -0.39 is 12.2 Å². The van der Waals surface area contributed by atoms with E-state index in [1.54, 1.807) is 0 Å². The minimum absolute atomic E-state index is 0.159. The lowest BCUT2D eigenvalue weighted by Gasteiger charge is -2.45. The highest BCUT2D eigenvalue weighted by Crippen LogP contribution is 2.49. The minimum Gasteiger partial charge on any atom is -0.390 e. The van der Waals surface area contributed by atoms with Gasteiger partial charge in [0.05, 0.1) is 12.2 Å². The van der Waals surface area contributed by atoms with E-state index in [-0.39, 0.29) is 11.8 Å². The maximum absolute atomic E-state index is 9.86. The molecule has 0 saturated heterocycles. The molecule has 1 fully saturated rings.